The fourth-order valence-electron chi connectivity index (χ4n) is 4.45. The smallest absolute Gasteiger partial charge is 0.250 e. The number of aryl methyl sites for hydroxylation is 1. The standard InChI is InChI=1S/C29H28N4O4S2/c1-18-7-10-20(11-8-18)39-26-14-13-24(37-26)28-27(21-6-4-5-15-30-21)32-29(38)33(28)19-9-12-23(36-3)22(16-19)31-25(34)17-35-2/h4-16,27-28H,17H2,1-3H3,(H,31,34)(H,32,38)/t27-,28+/m1/s1. The van der Waals surface area contributed by atoms with Crippen molar-refractivity contribution in [1.82, 2.24) is 10.3 Å². The van der Waals surface area contributed by atoms with Crippen LogP contribution in [0, 0.1) is 6.92 Å². The molecule has 0 saturated carbocycles. The van der Waals surface area contributed by atoms with Gasteiger partial charge in [-0.2, -0.15) is 0 Å². The Balaban J connectivity index is 1.52. The summed E-state index contributed by atoms with van der Waals surface area (Å²) >= 11 is 7.40. The summed E-state index contributed by atoms with van der Waals surface area (Å²) in [5.74, 6) is 0.962. The monoisotopic (exact) mass is 560 g/mol. The number of furan rings is 1. The molecule has 2 aromatic heterocycles. The highest BCUT2D eigenvalue weighted by Gasteiger charge is 2.42. The summed E-state index contributed by atoms with van der Waals surface area (Å²) in [6, 6.07) is 23.0. The van der Waals surface area contributed by atoms with E-state index in [0.717, 1.165) is 27.1 Å². The number of amides is 1. The van der Waals surface area contributed by atoms with Crippen LogP contribution in [0.4, 0.5) is 11.4 Å². The molecule has 0 unspecified atom stereocenters. The Hall–Kier alpha value is -3.86. The van der Waals surface area contributed by atoms with E-state index in [9.17, 15) is 4.79 Å². The van der Waals surface area contributed by atoms with E-state index in [1.54, 1.807) is 31.1 Å². The molecule has 0 bridgehead atoms. The second kappa shape index (κ2) is 11.9. The second-order valence-corrected chi connectivity index (χ2v) is 10.4. The average Bonchev–Trinajstić information content (AvgIpc) is 3.54. The van der Waals surface area contributed by atoms with Crippen LogP contribution in [-0.4, -0.2) is 36.8 Å². The van der Waals surface area contributed by atoms with Crippen molar-refractivity contribution in [2.75, 3.05) is 31.0 Å². The Morgan fingerprint density at radius 3 is 2.67 bits per heavy atom. The summed E-state index contributed by atoms with van der Waals surface area (Å²) in [5, 5.41) is 7.57. The molecule has 1 aliphatic heterocycles. The number of nitrogens with one attached hydrogen (secondary N) is 2. The number of thiocarbonyl (C=S) groups is 1. The number of anilines is 2. The molecule has 4 aromatic rings. The van der Waals surface area contributed by atoms with Crippen molar-refractivity contribution in [1.29, 1.82) is 0 Å². The fourth-order valence-corrected chi connectivity index (χ4v) is 5.58. The van der Waals surface area contributed by atoms with Gasteiger partial charge in [-0.3, -0.25) is 9.78 Å². The van der Waals surface area contributed by atoms with Gasteiger partial charge in [-0.1, -0.05) is 35.5 Å². The van der Waals surface area contributed by atoms with Crippen LogP contribution < -0.4 is 20.3 Å². The number of nitrogens with zero attached hydrogens (tertiary/aromatic N) is 2. The molecule has 1 aliphatic rings. The molecule has 200 valence electrons. The van der Waals surface area contributed by atoms with E-state index in [2.05, 4.69) is 46.8 Å². The molecule has 2 atom stereocenters. The zero-order chi connectivity index (χ0) is 27.4. The maximum absolute atomic E-state index is 12.3. The number of methoxy groups -OCH3 is 2. The van der Waals surface area contributed by atoms with Crippen LogP contribution in [-0.2, 0) is 9.53 Å². The van der Waals surface area contributed by atoms with Crippen LogP contribution in [0.25, 0.3) is 0 Å². The van der Waals surface area contributed by atoms with Crippen LogP contribution >= 0.6 is 24.0 Å². The van der Waals surface area contributed by atoms with E-state index in [4.69, 9.17) is 26.1 Å². The molecule has 0 aliphatic carbocycles. The van der Waals surface area contributed by atoms with Crippen LogP contribution in [0.2, 0.25) is 0 Å². The van der Waals surface area contributed by atoms with Crippen LogP contribution in [0.3, 0.4) is 0 Å². The molecule has 0 spiro atoms. The summed E-state index contributed by atoms with van der Waals surface area (Å²) in [7, 11) is 3.03. The lowest BCUT2D eigenvalue weighted by atomic mass is 10.0. The molecule has 2 N–H and O–H groups in total. The van der Waals surface area contributed by atoms with E-state index in [1.165, 1.54) is 12.7 Å². The molecule has 5 rings (SSSR count). The maximum Gasteiger partial charge on any atom is 0.250 e. The molecule has 1 saturated heterocycles. The van der Waals surface area contributed by atoms with Gasteiger partial charge in [0.2, 0.25) is 5.91 Å². The van der Waals surface area contributed by atoms with Gasteiger partial charge in [0.1, 0.15) is 24.2 Å². The number of hydrogen-bond donors (Lipinski definition) is 2. The van der Waals surface area contributed by atoms with Gasteiger partial charge in [-0.05, 0) is 73.7 Å². The molecule has 1 fully saturated rings. The quantitative estimate of drug-likeness (QED) is 0.243. The molecule has 39 heavy (non-hydrogen) atoms. The van der Waals surface area contributed by atoms with Crippen molar-refractivity contribution in [3.8, 4) is 5.75 Å². The van der Waals surface area contributed by atoms with E-state index in [1.807, 2.05) is 47.4 Å². The van der Waals surface area contributed by atoms with E-state index >= 15 is 0 Å². The first kappa shape index (κ1) is 26.7. The number of rotatable bonds is 9. The Kier molecular flexibility index (Phi) is 8.16. The van der Waals surface area contributed by atoms with Gasteiger partial charge in [0, 0.05) is 23.9 Å². The SMILES string of the molecule is COCC(=O)Nc1cc(N2C(=S)N[C@H](c3ccccn3)[C@@H]2c2ccc(Sc3ccc(C)cc3)o2)ccc1OC. The molecule has 3 heterocycles. The lowest BCUT2D eigenvalue weighted by Gasteiger charge is -2.27. The van der Waals surface area contributed by atoms with Gasteiger partial charge in [-0.25, -0.2) is 0 Å². The van der Waals surface area contributed by atoms with Gasteiger partial charge in [-0.15, -0.1) is 0 Å². The van der Waals surface area contributed by atoms with Gasteiger partial charge < -0.3 is 29.4 Å². The fraction of sp³-hybridized carbons (Fsp3) is 0.207. The summed E-state index contributed by atoms with van der Waals surface area (Å²) in [5.41, 5.74) is 3.30. The third-order valence-electron chi connectivity index (χ3n) is 6.24. The number of carbonyl (C=O) groups is 1. The molecule has 10 heteroatoms. The molecule has 0 radical (unpaired) electrons. The summed E-state index contributed by atoms with van der Waals surface area (Å²) in [6.07, 6.45) is 1.76. The van der Waals surface area contributed by atoms with Gasteiger partial charge in [0.05, 0.1) is 24.5 Å². The van der Waals surface area contributed by atoms with E-state index in [-0.39, 0.29) is 24.6 Å². The molecule has 2 aromatic carbocycles. The van der Waals surface area contributed by atoms with Crippen LogP contribution in [0.15, 0.2) is 93.4 Å². The highest BCUT2D eigenvalue weighted by molar-refractivity contribution is 7.99. The molecule has 1 amide bonds. The van der Waals surface area contributed by atoms with E-state index < -0.39 is 0 Å². The van der Waals surface area contributed by atoms with Crippen molar-refractivity contribution in [2.45, 2.75) is 29.0 Å². The summed E-state index contributed by atoms with van der Waals surface area (Å²) in [6.45, 7) is 1.99. The third kappa shape index (κ3) is 5.93. The first-order chi connectivity index (χ1) is 19.0. The Bertz CT molecular complexity index is 1460. The minimum absolute atomic E-state index is 0.0741. The summed E-state index contributed by atoms with van der Waals surface area (Å²) < 4.78 is 16.9. The topological polar surface area (TPSA) is 88.9 Å². The van der Waals surface area contributed by atoms with Crippen LogP contribution in [0.5, 0.6) is 5.75 Å². The van der Waals surface area contributed by atoms with Crippen molar-refractivity contribution in [3.05, 3.63) is 96.0 Å². The zero-order valence-electron chi connectivity index (χ0n) is 21.7. The predicted molar refractivity (Wildman–Crippen MR) is 155 cm³/mol. The highest BCUT2D eigenvalue weighted by atomic mass is 32.2. The lowest BCUT2D eigenvalue weighted by Crippen LogP contribution is -2.29. The highest BCUT2D eigenvalue weighted by Crippen LogP contribution is 2.44. The van der Waals surface area contributed by atoms with Gasteiger partial charge in [0.25, 0.3) is 0 Å². The van der Waals surface area contributed by atoms with Gasteiger partial charge >= 0.3 is 0 Å². The Labute approximate surface area is 236 Å². The number of benzene rings is 2. The maximum atomic E-state index is 12.3. The normalized spacial score (nSPS) is 16.7. The van der Waals surface area contributed by atoms with Crippen LogP contribution in [0.1, 0.15) is 29.1 Å². The minimum Gasteiger partial charge on any atom is -0.495 e. The predicted octanol–water partition coefficient (Wildman–Crippen LogP) is 5.90. The first-order valence-electron chi connectivity index (χ1n) is 12.3. The van der Waals surface area contributed by atoms with E-state index in [0.29, 0.717) is 16.5 Å². The van der Waals surface area contributed by atoms with Gasteiger partial charge in [0.15, 0.2) is 10.2 Å². The largest absolute Gasteiger partial charge is 0.495 e. The Morgan fingerprint density at radius 1 is 1.13 bits per heavy atom. The zero-order valence-corrected chi connectivity index (χ0v) is 23.3. The van der Waals surface area contributed by atoms with Crippen molar-refractivity contribution in [2.24, 2.45) is 0 Å². The minimum atomic E-state index is -0.337. The third-order valence-corrected chi connectivity index (χ3v) is 7.48. The first-order valence-corrected chi connectivity index (χ1v) is 13.5. The molecular weight excluding hydrogens is 532 g/mol. The Morgan fingerprint density at radius 2 is 1.95 bits per heavy atom. The second-order valence-electron chi connectivity index (χ2n) is 8.93. The lowest BCUT2D eigenvalue weighted by molar-refractivity contribution is -0.119. The van der Waals surface area contributed by atoms with Crippen molar-refractivity contribution < 1.29 is 18.7 Å². The van der Waals surface area contributed by atoms with Crippen molar-refractivity contribution in [3.63, 3.8) is 0 Å². The number of ether oxygens (including phenoxy) is 2. The molecular formula is C29H28N4O4S2. The number of hydrogen-bond acceptors (Lipinski definition) is 7. The van der Waals surface area contributed by atoms with Crippen molar-refractivity contribution >= 4 is 46.4 Å². The number of carbonyl (C=O) groups excluding carboxylic acids is 1. The summed E-state index contributed by atoms with van der Waals surface area (Å²) in [4.78, 5) is 20.0. The average molecular weight is 561 g/mol. The molecule has 8 nitrogen and oxygen atoms in total. The number of aromatic nitrogens is 1. The number of pyridine rings is 1.